The van der Waals surface area contributed by atoms with Crippen LogP contribution in [0.15, 0.2) is 65.5 Å². The standard InChI is InChI=1S/C32H31N5O6/c1-19-16-24(20(2)36(19)28-21(3)34(4)37(29(28)40)23-11-6-5-7-12-23)26(38)18-43-27(39)17-35-30(41)32(33-31(35)42)15-14-22-10-8-9-13-25(22)32/h5-13,16H,14-15,17-18H2,1-4H3,(H,33,42)/t32-/m0/s1. The Bertz CT molecular complexity index is 1880. The Balaban J connectivity index is 1.17. The number of urea groups is 1. The van der Waals surface area contributed by atoms with Gasteiger partial charge < -0.3 is 14.6 Å². The average Bonchev–Trinajstić information content (AvgIpc) is 3.65. The van der Waals surface area contributed by atoms with E-state index in [0.29, 0.717) is 46.9 Å². The largest absolute Gasteiger partial charge is 0.456 e. The van der Waals surface area contributed by atoms with E-state index in [-0.39, 0.29) is 5.56 Å². The van der Waals surface area contributed by atoms with Crippen molar-refractivity contribution < 1.29 is 23.9 Å². The van der Waals surface area contributed by atoms with Crippen LogP contribution in [0, 0.1) is 20.8 Å². The minimum atomic E-state index is -1.18. The SMILES string of the molecule is Cc1cc(C(=O)COC(=O)CN2C(=O)N[C@]3(CCc4ccccc43)C2=O)c(C)n1-c1c(C)n(C)n(-c2ccccc2)c1=O. The van der Waals surface area contributed by atoms with E-state index in [1.54, 1.807) is 40.9 Å². The Labute approximate surface area is 247 Å². The van der Waals surface area contributed by atoms with Crippen LogP contribution in [-0.2, 0) is 33.3 Å². The zero-order chi connectivity index (χ0) is 30.6. The number of hydrogen-bond acceptors (Lipinski definition) is 6. The van der Waals surface area contributed by atoms with Gasteiger partial charge in [-0.05, 0) is 62.9 Å². The van der Waals surface area contributed by atoms with E-state index in [2.05, 4.69) is 5.32 Å². The molecular formula is C32H31N5O6. The van der Waals surface area contributed by atoms with Crippen LogP contribution >= 0.6 is 0 Å². The highest BCUT2D eigenvalue weighted by molar-refractivity contribution is 6.09. The summed E-state index contributed by atoms with van der Waals surface area (Å²) in [6, 6.07) is 17.7. The molecule has 1 N–H and O–H groups in total. The van der Waals surface area contributed by atoms with Gasteiger partial charge in [-0.3, -0.25) is 28.8 Å². The number of para-hydroxylation sites is 1. The van der Waals surface area contributed by atoms with Crippen molar-refractivity contribution in [3.05, 3.63) is 105 Å². The first-order chi connectivity index (χ1) is 20.5. The molecule has 0 unspecified atom stereocenters. The third kappa shape index (κ3) is 4.30. The number of imide groups is 1. The highest BCUT2D eigenvalue weighted by Crippen LogP contribution is 2.41. The number of nitrogens with zero attached hydrogens (tertiary/aromatic N) is 4. The van der Waals surface area contributed by atoms with E-state index in [1.807, 2.05) is 61.5 Å². The van der Waals surface area contributed by atoms with Crippen molar-refractivity contribution in [2.45, 2.75) is 39.2 Å². The Morgan fingerprint density at radius 2 is 1.65 bits per heavy atom. The number of benzene rings is 2. The van der Waals surface area contributed by atoms with Crippen LogP contribution in [0.1, 0.15) is 45.0 Å². The summed E-state index contributed by atoms with van der Waals surface area (Å²) in [5.74, 6) is -1.85. The number of ketones is 1. The number of carbonyl (C=O) groups is 4. The molecule has 4 aromatic rings. The quantitative estimate of drug-likeness (QED) is 0.203. The van der Waals surface area contributed by atoms with Gasteiger partial charge >= 0.3 is 12.0 Å². The number of fused-ring (bicyclic) bond motifs is 2. The molecule has 1 atom stereocenters. The monoisotopic (exact) mass is 581 g/mol. The topological polar surface area (TPSA) is 125 Å². The molecule has 1 saturated heterocycles. The molecule has 6 rings (SSSR count). The number of ether oxygens (including phenoxy) is 1. The lowest BCUT2D eigenvalue weighted by molar-refractivity contribution is -0.146. The summed E-state index contributed by atoms with van der Waals surface area (Å²) in [4.78, 5) is 66.4. The number of rotatable bonds is 7. The van der Waals surface area contributed by atoms with Gasteiger partial charge in [0.05, 0.1) is 11.4 Å². The van der Waals surface area contributed by atoms with Gasteiger partial charge in [-0.2, -0.15) is 0 Å². The zero-order valence-corrected chi connectivity index (χ0v) is 24.3. The molecule has 43 heavy (non-hydrogen) atoms. The van der Waals surface area contributed by atoms with Crippen molar-refractivity contribution in [2.75, 3.05) is 13.2 Å². The fourth-order valence-electron chi connectivity index (χ4n) is 6.33. The molecule has 0 saturated carbocycles. The van der Waals surface area contributed by atoms with Crippen LogP contribution in [0.25, 0.3) is 11.4 Å². The second-order valence-electron chi connectivity index (χ2n) is 11.0. The number of esters is 1. The van der Waals surface area contributed by atoms with E-state index in [0.717, 1.165) is 16.0 Å². The predicted molar refractivity (Wildman–Crippen MR) is 157 cm³/mol. The van der Waals surface area contributed by atoms with Crippen molar-refractivity contribution in [1.29, 1.82) is 0 Å². The first kappa shape index (κ1) is 28.0. The molecule has 3 amide bonds. The maximum absolute atomic E-state index is 13.6. The zero-order valence-electron chi connectivity index (χ0n) is 24.3. The Kier molecular flexibility index (Phi) is 6.67. The third-order valence-corrected chi connectivity index (χ3v) is 8.55. The molecule has 220 valence electrons. The lowest BCUT2D eigenvalue weighted by atomic mass is 9.92. The van der Waals surface area contributed by atoms with Crippen molar-refractivity contribution in [3.8, 4) is 11.4 Å². The Morgan fingerprint density at radius 1 is 0.953 bits per heavy atom. The van der Waals surface area contributed by atoms with Gasteiger partial charge in [0, 0.05) is 24.0 Å². The van der Waals surface area contributed by atoms with Crippen molar-refractivity contribution in [1.82, 2.24) is 24.1 Å². The Hall–Kier alpha value is -5.19. The highest BCUT2D eigenvalue weighted by atomic mass is 16.5. The summed E-state index contributed by atoms with van der Waals surface area (Å²) in [6.45, 7) is 4.17. The van der Waals surface area contributed by atoms with E-state index in [1.165, 1.54) is 0 Å². The smallest absolute Gasteiger partial charge is 0.326 e. The van der Waals surface area contributed by atoms with E-state index in [9.17, 15) is 24.0 Å². The maximum Gasteiger partial charge on any atom is 0.326 e. The van der Waals surface area contributed by atoms with Crippen molar-refractivity contribution in [2.24, 2.45) is 7.05 Å². The molecule has 0 radical (unpaired) electrons. The lowest BCUT2D eigenvalue weighted by Gasteiger charge is -2.22. The number of amides is 3. The molecule has 3 heterocycles. The molecule has 2 aromatic carbocycles. The van der Waals surface area contributed by atoms with Crippen LogP contribution in [0.4, 0.5) is 4.79 Å². The summed E-state index contributed by atoms with van der Waals surface area (Å²) in [6.07, 6.45) is 1.05. The van der Waals surface area contributed by atoms with Crippen LogP contribution < -0.4 is 10.9 Å². The second-order valence-corrected chi connectivity index (χ2v) is 11.0. The first-order valence-electron chi connectivity index (χ1n) is 14.0. The highest BCUT2D eigenvalue weighted by Gasteiger charge is 2.55. The number of aromatic nitrogens is 3. The summed E-state index contributed by atoms with van der Waals surface area (Å²) < 4.78 is 10.3. The summed E-state index contributed by atoms with van der Waals surface area (Å²) >= 11 is 0. The van der Waals surface area contributed by atoms with Gasteiger partial charge in [-0.25, -0.2) is 9.48 Å². The maximum atomic E-state index is 13.6. The third-order valence-electron chi connectivity index (χ3n) is 8.55. The minimum Gasteiger partial charge on any atom is -0.456 e. The molecule has 11 nitrogen and oxygen atoms in total. The summed E-state index contributed by atoms with van der Waals surface area (Å²) in [5.41, 5.74) is 3.62. The first-order valence-corrected chi connectivity index (χ1v) is 14.0. The van der Waals surface area contributed by atoms with Gasteiger partial charge in [-0.15, -0.1) is 0 Å². The van der Waals surface area contributed by atoms with Gasteiger partial charge in [0.15, 0.2) is 6.61 Å². The van der Waals surface area contributed by atoms with Crippen molar-refractivity contribution >= 4 is 23.7 Å². The average molecular weight is 582 g/mol. The molecular weight excluding hydrogens is 550 g/mol. The Morgan fingerprint density at radius 3 is 2.40 bits per heavy atom. The predicted octanol–water partition coefficient (Wildman–Crippen LogP) is 3.01. The summed E-state index contributed by atoms with van der Waals surface area (Å²) in [7, 11) is 1.80. The molecule has 2 aromatic heterocycles. The van der Waals surface area contributed by atoms with E-state index < -0.39 is 42.4 Å². The normalized spacial score (nSPS) is 17.4. The van der Waals surface area contributed by atoms with Gasteiger partial charge in [0.1, 0.15) is 17.8 Å². The van der Waals surface area contributed by atoms with E-state index in [4.69, 9.17) is 4.74 Å². The number of aryl methyl sites for hydroxylation is 2. The fourth-order valence-corrected chi connectivity index (χ4v) is 6.33. The van der Waals surface area contributed by atoms with Gasteiger partial charge in [0.2, 0.25) is 5.78 Å². The van der Waals surface area contributed by atoms with Crippen LogP contribution in [-0.4, -0.2) is 55.7 Å². The molecule has 1 aliphatic carbocycles. The molecule has 0 bridgehead atoms. The second kappa shape index (κ2) is 10.3. The number of carbonyl (C=O) groups excluding carboxylic acids is 4. The molecule has 1 spiro atoms. The number of nitrogens with one attached hydrogen (secondary N) is 1. The summed E-state index contributed by atoms with van der Waals surface area (Å²) in [5, 5.41) is 2.77. The van der Waals surface area contributed by atoms with Crippen molar-refractivity contribution in [3.63, 3.8) is 0 Å². The van der Waals surface area contributed by atoms with Crippen LogP contribution in [0.2, 0.25) is 0 Å². The van der Waals surface area contributed by atoms with E-state index >= 15 is 0 Å². The molecule has 2 aliphatic rings. The fraction of sp³-hybridized carbons (Fsp3) is 0.281. The van der Waals surface area contributed by atoms with Crippen LogP contribution in [0.3, 0.4) is 0 Å². The van der Waals surface area contributed by atoms with Gasteiger partial charge in [0.25, 0.3) is 11.5 Å². The van der Waals surface area contributed by atoms with Crippen LogP contribution in [0.5, 0.6) is 0 Å². The lowest BCUT2D eigenvalue weighted by Crippen LogP contribution is -2.42. The number of Topliss-reactive ketones (excluding diaryl/α,β-unsaturated/α-hetero) is 1. The molecule has 1 fully saturated rings. The minimum absolute atomic E-state index is 0.241. The number of hydrogen-bond donors (Lipinski definition) is 1. The molecule has 1 aliphatic heterocycles. The van der Waals surface area contributed by atoms with Gasteiger partial charge in [-0.1, -0.05) is 42.5 Å². The molecule has 11 heteroatoms.